The fourth-order valence-corrected chi connectivity index (χ4v) is 5.93. The summed E-state index contributed by atoms with van der Waals surface area (Å²) in [4.78, 5) is 14.7. The van der Waals surface area contributed by atoms with E-state index in [2.05, 4.69) is 21.6 Å². The van der Waals surface area contributed by atoms with Gasteiger partial charge in [-0.15, -0.1) is 5.10 Å². The molecule has 1 fully saturated rings. The van der Waals surface area contributed by atoms with Crippen molar-refractivity contribution in [2.24, 2.45) is 0 Å². The molecule has 0 radical (unpaired) electrons. The lowest BCUT2D eigenvalue weighted by atomic mass is 10.1. The number of carbonyl (C=O) groups excluding carboxylic acids is 1. The maximum absolute atomic E-state index is 12.9. The van der Waals surface area contributed by atoms with E-state index >= 15 is 0 Å². The molecule has 0 bridgehead atoms. The van der Waals surface area contributed by atoms with Gasteiger partial charge in [0.25, 0.3) is 0 Å². The zero-order chi connectivity index (χ0) is 23.6. The van der Waals surface area contributed by atoms with Crippen molar-refractivity contribution >= 4 is 27.7 Å². The summed E-state index contributed by atoms with van der Waals surface area (Å²) in [6, 6.07) is 12.8. The molecule has 4 rings (SSSR count). The van der Waals surface area contributed by atoms with Crippen molar-refractivity contribution in [3.8, 4) is 5.69 Å². The summed E-state index contributed by atoms with van der Waals surface area (Å²) in [5.74, 6) is 0.110. The summed E-state index contributed by atoms with van der Waals surface area (Å²) in [7, 11) is -3.56. The predicted octanol–water partition coefficient (Wildman–Crippen LogP) is 2.21. The molecule has 0 aliphatic carbocycles. The second kappa shape index (κ2) is 9.62. The van der Waals surface area contributed by atoms with Gasteiger partial charge >= 0.3 is 0 Å². The third kappa shape index (κ3) is 5.10. The number of hydrogen-bond acceptors (Lipinski definition) is 7. The Morgan fingerprint density at radius 1 is 0.970 bits per heavy atom. The first-order valence-corrected chi connectivity index (χ1v) is 13.0. The second-order valence-electron chi connectivity index (χ2n) is 8.05. The monoisotopic (exact) mass is 486 g/mol. The normalized spacial score (nSPS) is 15.1. The molecule has 2 aromatic carbocycles. The topological polar surface area (TPSA) is 101 Å². The van der Waals surface area contributed by atoms with Gasteiger partial charge in [0, 0.05) is 26.2 Å². The minimum Gasteiger partial charge on any atom is -0.339 e. The van der Waals surface area contributed by atoms with Crippen molar-refractivity contribution in [3.63, 3.8) is 0 Å². The Morgan fingerprint density at radius 2 is 1.64 bits per heavy atom. The molecule has 2 heterocycles. The average molecular weight is 487 g/mol. The Labute approximate surface area is 197 Å². The Bertz CT molecular complexity index is 1250. The van der Waals surface area contributed by atoms with Crippen molar-refractivity contribution in [2.75, 3.05) is 31.9 Å². The molecule has 1 saturated heterocycles. The summed E-state index contributed by atoms with van der Waals surface area (Å²) in [6.45, 7) is 7.18. The average Bonchev–Trinajstić information content (AvgIpc) is 3.26. The molecular weight excluding hydrogens is 460 g/mol. The Morgan fingerprint density at radius 3 is 2.30 bits per heavy atom. The lowest BCUT2D eigenvalue weighted by Crippen LogP contribution is -2.50. The minimum atomic E-state index is -3.56. The molecule has 33 heavy (non-hydrogen) atoms. The summed E-state index contributed by atoms with van der Waals surface area (Å²) >= 11 is 1.27. The molecule has 1 amide bonds. The highest BCUT2D eigenvalue weighted by molar-refractivity contribution is 7.99. The lowest BCUT2D eigenvalue weighted by Gasteiger charge is -2.34. The van der Waals surface area contributed by atoms with Gasteiger partial charge in [0.1, 0.15) is 0 Å². The number of tetrazole rings is 1. The van der Waals surface area contributed by atoms with E-state index in [4.69, 9.17) is 0 Å². The molecule has 0 N–H and O–H groups in total. The van der Waals surface area contributed by atoms with Crippen molar-refractivity contribution in [1.82, 2.24) is 29.4 Å². The number of benzene rings is 2. The van der Waals surface area contributed by atoms with Crippen LogP contribution in [0.5, 0.6) is 0 Å². The van der Waals surface area contributed by atoms with Crippen LogP contribution in [0.25, 0.3) is 5.69 Å². The molecule has 0 spiro atoms. The molecule has 1 aromatic heterocycles. The van der Waals surface area contributed by atoms with Crippen molar-refractivity contribution in [2.45, 2.75) is 30.8 Å². The van der Waals surface area contributed by atoms with Gasteiger partial charge < -0.3 is 4.90 Å². The van der Waals surface area contributed by atoms with E-state index in [0.717, 1.165) is 22.4 Å². The van der Waals surface area contributed by atoms with Crippen LogP contribution in [-0.2, 0) is 14.8 Å². The minimum absolute atomic E-state index is 0.0671. The summed E-state index contributed by atoms with van der Waals surface area (Å²) < 4.78 is 28.8. The van der Waals surface area contributed by atoms with E-state index in [1.807, 2.05) is 32.9 Å². The molecule has 174 valence electrons. The number of rotatable bonds is 6. The van der Waals surface area contributed by atoms with Gasteiger partial charge in [-0.25, -0.2) is 8.42 Å². The number of hydrogen-bond donors (Lipinski definition) is 0. The molecule has 9 nitrogen and oxygen atoms in total. The number of sulfonamides is 1. The fourth-order valence-electron chi connectivity index (χ4n) is 3.72. The molecule has 1 aliphatic rings. The fraction of sp³-hybridized carbons (Fsp3) is 0.364. The van der Waals surface area contributed by atoms with Gasteiger partial charge in [0.2, 0.25) is 21.1 Å². The molecule has 11 heteroatoms. The van der Waals surface area contributed by atoms with E-state index in [0.29, 0.717) is 18.2 Å². The van der Waals surface area contributed by atoms with E-state index in [1.54, 1.807) is 33.8 Å². The molecule has 0 unspecified atom stereocenters. The summed E-state index contributed by atoms with van der Waals surface area (Å²) in [6.07, 6.45) is 0. The number of amides is 1. The number of aryl methyl sites for hydroxylation is 3. The Kier molecular flexibility index (Phi) is 6.82. The van der Waals surface area contributed by atoms with E-state index in [-0.39, 0.29) is 29.6 Å². The highest BCUT2D eigenvalue weighted by Crippen LogP contribution is 2.23. The smallest absolute Gasteiger partial charge is 0.243 e. The highest BCUT2D eigenvalue weighted by atomic mass is 32.2. The zero-order valence-corrected chi connectivity index (χ0v) is 20.4. The van der Waals surface area contributed by atoms with Crippen LogP contribution in [-0.4, -0.2) is 75.7 Å². The van der Waals surface area contributed by atoms with Crippen LogP contribution in [0.3, 0.4) is 0 Å². The van der Waals surface area contributed by atoms with Gasteiger partial charge in [0.05, 0.1) is 16.3 Å². The summed E-state index contributed by atoms with van der Waals surface area (Å²) in [5, 5.41) is 12.4. The largest absolute Gasteiger partial charge is 0.339 e. The van der Waals surface area contributed by atoms with Crippen LogP contribution in [0.1, 0.15) is 16.7 Å². The highest BCUT2D eigenvalue weighted by Gasteiger charge is 2.30. The number of aromatic nitrogens is 4. The van der Waals surface area contributed by atoms with Crippen LogP contribution in [0.2, 0.25) is 0 Å². The van der Waals surface area contributed by atoms with Gasteiger partial charge in [-0.2, -0.15) is 8.99 Å². The maximum Gasteiger partial charge on any atom is 0.243 e. The van der Waals surface area contributed by atoms with Gasteiger partial charge in [-0.05, 0) is 55.0 Å². The Hall–Kier alpha value is -2.76. The maximum atomic E-state index is 12.9. The number of carbonyl (C=O) groups is 1. The molecule has 0 saturated carbocycles. The quantitative estimate of drug-likeness (QED) is 0.492. The van der Waals surface area contributed by atoms with Crippen molar-refractivity contribution in [3.05, 3.63) is 59.2 Å². The van der Waals surface area contributed by atoms with E-state index in [9.17, 15) is 13.2 Å². The van der Waals surface area contributed by atoms with Gasteiger partial charge in [0.15, 0.2) is 0 Å². The number of thioether (sulfide) groups is 1. The SMILES string of the molecule is Cc1ccc(S(=O)(=O)N2CCN(C(=O)CSc3nnnn3-c3ccc(C)cc3C)CC2)cc1. The van der Waals surface area contributed by atoms with Crippen LogP contribution in [0.15, 0.2) is 52.5 Å². The third-order valence-electron chi connectivity index (χ3n) is 5.60. The molecule has 0 atom stereocenters. The molecule has 1 aliphatic heterocycles. The first-order chi connectivity index (χ1) is 15.8. The van der Waals surface area contributed by atoms with Crippen LogP contribution < -0.4 is 0 Å². The number of piperazine rings is 1. The molecular formula is C22H26N6O3S2. The van der Waals surface area contributed by atoms with Crippen LogP contribution >= 0.6 is 11.8 Å². The van der Waals surface area contributed by atoms with E-state index < -0.39 is 10.0 Å². The number of nitrogens with zero attached hydrogens (tertiary/aromatic N) is 6. The predicted molar refractivity (Wildman–Crippen MR) is 126 cm³/mol. The standard InChI is InChI=1S/C22H26N6O3S2/c1-16-4-7-19(8-5-16)33(30,31)27-12-10-26(11-13-27)21(29)15-32-22-23-24-25-28(22)20-9-6-17(2)14-18(20)3/h4-9,14H,10-13,15H2,1-3H3. The third-order valence-corrected chi connectivity index (χ3v) is 8.41. The second-order valence-corrected chi connectivity index (χ2v) is 10.9. The lowest BCUT2D eigenvalue weighted by molar-refractivity contribution is -0.129. The zero-order valence-electron chi connectivity index (χ0n) is 18.8. The molecule has 3 aromatic rings. The first kappa shape index (κ1) is 23.4. The van der Waals surface area contributed by atoms with Gasteiger partial charge in [-0.3, -0.25) is 4.79 Å². The van der Waals surface area contributed by atoms with Crippen molar-refractivity contribution < 1.29 is 13.2 Å². The van der Waals surface area contributed by atoms with Crippen molar-refractivity contribution in [1.29, 1.82) is 0 Å². The Balaban J connectivity index is 1.35. The van der Waals surface area contributed by atoms with Crippen LogP contribution in [0.4, 0.5) is 0 Å². The summed E-state index contributed by atoms with van der Waals surface area (Å²) in [5.41, 5.74) is 4.07. The van der Waals surface area contributed by atoms with Crippen LogP contribution in [0, 0.1) is 20.8 Å². The van der Waals surface area contributed by atoms with Gasteiger partial charge in [-0.1, -0.05) is 47.2 Å². The first-order valence-electron chi connectivity index (χ1n) is 10.6. The van der Waals surface area contributed by atoms with E-state index in [1.165, 1.54) is 16.1 Å².